The number of hydrogen-bond donors (Lipinski definition) is 1. The Hall–Kier alpha value is -1.98. The zero-order valence-corrected chi connectivity index (χ0v) is 15.2. The fraction of sp³-hybridized carbons (Fsp3) is 0.400. The number of aryl methyl sites for hydroxylation is 1. The maximum atomic E-state index is 10.7. The molecular formula is C20H23N3OS. The predicted molar refractivity (Wildman–Crippen MR) is 103 cm³/mol. The molecule has 4 rings (SSSR count). The van der Waals surface area contributed by atoms with Crippen molar-refractivity contribution in [3.8, 4) is 0 Å². The van der Waals surface area contributed by atoms with Crippen molar-refractivity contribution in [2.24, 2.45) is 0 Å². The first-order chi connectivity index (χ1) is 12.3. The van der Waals surface area contributed by atoms with Crippen LogP contribution in [0.15, 0.2) is 41.8 Å². The Morgan fingerprint density at radius 1 is 1.24 bits per heavy atom. The van der Waals surface area contributed by atoms with Crippen molar-refractivity contribution in [3.05, 3.63) is 53.2 Å². The first kappa shape index (κ1) is 16.5. The first-order valence-corrected chi connectivity index (χ1v) is 9.88. The molecule has 1 N–H and O–H groups in total. The van der Waals surface area contributed by atoms with E-state index in [-0.39, 0.29) is 0 Å². The van der Waals surface area contributed by atoms with Crippen LogP contribution in [0.1, 0.15) is 43.7 Å². The summed E-state index contributed by atoms with van der Waals surface area (Å²) in [6, 6.07) is 12.4. The molecule has 2 unspecified atom stereocenters. The third-order valence-electron chi connectivity index (χ3n) is 5.00. The van der Waals surface area contributed by atoms with Crippen molar-refractivity contribution in [1.29, 1.82) is 0 Å². The molecule has 4 nitrogen and oxygen atoms in total. The van der Waals surface area contributed by atoms with Crippen LogP contribution in [0.3, 0.4) is 0 Å². The molecule has 2 atom stereocenters. The fourth-order valence-corrected chi connectivity index (χ4v) is 4.47. The van der Waals surface area contributed by atoms with Gasteiger partial charge in [0.25, 0.3) is 0 Å². The summed E-state index contributed by atoms with van der Waals surface area (Å²) >= 11 is 1.67. The Kier molecular flexibility index (Phi) is 4.68. The highest BCUT2D eigenvalue weighted by atomic mass is 32.1. The Balaban J connectivity index is 1.62. The summed E-state index contributed by atoms with van der Waals surface area (Å²) in [6.07, 6.45) is 3.38. The predicted octanol–water partition coefficient (Wildman–Crippen LogP) is 4.35. The molecule has 0 amide bonds. The van der Waals surface area contributed by atoms with E-state index in [0.717, 1.165) is 59.7 Å². The zero-order valence-electron chi connectivity index (χ0n) is 14.4. The third-order valence-corrected chi connectivity index (χ3v) is 5.80. The highest BCUT2D eigenvalue weighted by molar-refractivity contribution is 7.16. The molecule has 5 heteroatoms. The number of anilines is 1. The number of aliphatic hydroxyl groups is 1. The molecule has 0 aliphatic carbocycles. The number of aromatic nitrogens is 2. The molecule has 1 fully saturated rings. The Bertz CT molecular complexity index is 849. The zero-order chi connectivity index (χ0) is 17.2. The molecule has 0 radical (unpaired) electrons. The van der Waals surface area contributed by atoms with E-state index in [4.69, 9.17) is 4.98 Å². The minimum atomic E-state index is -0.433. The highest BCUT2D eigenvalue weighted by Gasteiger charge is 2.29. The largest absolute Gasteiger partial charge is 0.388 e. The molecule has 1 aliphatic rings. The standard InChI is InChI=1S/C20H23N3OS/c1-2-18-21-19(16-10-12-25-20(16)22-18)23-11-6-9-15(23)13-17(24)14-7-4-3-5-8-14/h3-5,7-8,10,12,15,17,24H,2,6,9,11,13H2,1H3. The molecule has 3 heterocycles. The maximum Gasteiger partial charge on any atom is 0.141 e. The second-order valence-electron chi connectivity index (χ2n) is 6.61. The normalized spacial score (nSPS) is 18.8. The van der Waals surface area contributed by atoms with E-state index >= 15 is 0 Å². The highest BCUT2D eigenvalue weighted by Crippen LogP contribution is 2.35. The smallest absolute Gasteiger partial charge is 0.141 e. The molecule has 3 aromatic rings. The SMILES string of the molecule is CCc1nc(N2CCCC2CC(O)c2ccccc2)c2ccsc2n1. The summed E-state index contributed by atoms with van der Waals surface area (Å²) in [7, 11) is 0. The molecule has 2 aromatic heterocycles. The lowest BCUT2D eigenvalue weighted by Crippen LogP contribution is -2.32. The van der Waals surface area contributed by atoms with Gasteiger partial charge in [-0.3, -0.25) is 0 Å². The molecule has 1 aromatic carbocycles. The van der Waals surface area contributed by atoms with Crippen LogP contribution in [0, 0.1) is 0 Å². The summed E-state index contributed by atoms with van der Waals surface area (Å²) in [5, 5.41) is 13.9. The van der Waals surface area contributed by atoms with Crippen molar-refractivity contribution in [2.75, 3.05) is 11.4 Å². The average Bonchev–Trinajstić information content (AvgIpc) is 3.30. The number of benzene rings is 1. The fourth-order valence-electron chi connectivity index (χ4n) is 3.69. The molecule has 0 bridgehead atoms. The topological polar surface area (TPSA) is 49.2 Å². The Morgan fingerprint density at radius 2 is 2.08 bits per heavy atom. The van der Waals surface area contributed by atoms with Crippen LogP contribution in [-0.2, 0) is 6.42 Å². The number of nitrogens with zero attached hydrogens (tertiary/aromatic N) is 3. The van der Waals surface area contributed by atoms with Gasteiger partial charge in [-0.2, -0.15) is 0 Å². The molecule has 1 aliphatic heterocycles. The van der Waals surface area contributed by atoms with E-state index in [0.29, 0.717) is 6.04 Å². The van der Waals surface area contributed by atoms with Crippen LogP contribution in [0.2, 0.25) is 0 Å². The van der Waals surface area contributed by atoms with Crippen LogP contribution in [0.25, 0.3) is 10.2 Å². The van der Waals surface area contributed by atoms with Crippen LogP contribution < -0.4 is 4.90 Å². The summed E-state index contributed by atoms with van der Waals surface area (Å²) in [4.78, 5) is 13.0. The van der Waals surface area contributed by atoms with Gasteiger partial charge in [-0.15, -0.1) is 11.3 Å². The van der Waals surface area contributed by atoms with Gasteiger partial charge >= 0.3 is 0 Å². The van der Waals surface area contributed by atoms with Crippen molar-refractivity contribution in [2.45, 2.75) is 44.8 Å². The molecule has 0 saturated carbocycles. The number of aliphatic hydroxyl groups excluding tert-OH is 1. The van der Waals surface area contributed by atoms with Gasteiger partial charge in [0.1, 0.15) is 16.5 Å². The summed E-state index contributed by atoms with van der Waals surface area (Å²) in [5.74, 6) is 1.95. The van der Waals surface area contributed by atoms with Crippen LogP contribution >= 0.6 is 11.3 Å². The van der Waals surface area contributed by atoms with Gasteiger partial charge < -0.3 is 10.0 Å². The molecule has 130 valence electrons. The van der Waals surface area contributed by atoms with E-state index in [1.807, 2.05) is 30.3 Å². The van der Waals surface area contributed by atoms with E-state index in [9.17, 15) is 5.11 Å². The van der Waals surface area contributed by atoms with Crippen molar-refractivity contribution in [1.82, 2.24) is 9.97 Å². The Labute approximate surface area is 152 Å². The van der Waals surface area contributed by atoms with Gasteiger partial charge in [0.2, 0.25) is 0 Å². The van der Waals surface area contributed by atoms with Gasteiger partial charge in [0, 0.05) is 19.0 Å². The monoisotopic (exact) mass is 353 g/mol. The van der Waals surface area contributed by atoms with Gasteiger partial charge in [-0.1, -0.05) is 37.3 Å². The third kappa shape index (κ3) is 3.26. The lowest BCUT2D eigenvalue weighted by Gasteiger charge is -2.28. The molecule has 0 spiro atoms. The van der Waals surface area contributed by atoms with Gasteiger partial charge in [0.05, 0.1) is 11.5 Å². The summed E-state index contributed by atoms with van der Waals surface area (Å²) in [6.45, 7) is 3.09. The summed E-state index contributed by atoms with van der Waals surface area (Å²) < 4.78 is 0. The molecule has 1 saturated heterocycles. The van der Waals surface area contributed by atoms with Crippen molar-refractivity contribution in [3.63, 3.8) is 0 Å². The van der Waals surface area contributed by atoms with Crippen LogP contribution in [0.5, 0.6) is 0 Å². The first-order valence-electron chi connectivity index (χ1n) is 9.00. The maximum absolute atomic E-state index is 10.7. The summed E-state index contributed by atoms with van der Waals surface area (Å²) in [5.41, 5.74) is 0.993. The lowest BCUT2D eigenvalue weighted by atomic mass is 10.0. The van der Waals surface area contributed by atoms with Crippen LogP contribution in [-0.4, -0.2) is 27.7 Å². The van der Waals surface area contributed by atoms with E-state index < -0.39 is 6.10 Å². The van der Waals surface area contributed by atoms with Crippen molar-refractivity contribution >= 4 is 27.4 Å². The van der Waals surface area contributed by atoms with E-state index in [1.165, 1.54) is 0 Å². The quantitative estimate of drug-likeness (QED) is 0.741. The second-order valence-corrected chi connectivity index (χ2v) is 7.50. The number of thiophene rings is 1. The Morgan fingerprint density at radius 3 is 2.88 bits per heavy atom. The second kappa shape index (κ2) is 7.10. The lowest BCUT2D eigenvalue weighted by molar-refractivity contribution is 0.158. The van der Waals surface area contributed by atoms with Crippen molar-refractivity contribution < 1.29 is 5.11 Å². The number of hydrogen-bond acceptors (Lipinski definition) is 5. The molecule has 25 heavy (non-hydrogen) atoms. The van der Waals surface area contributed by atoms with Gasteiger partial charge in [0.15, 0.2) is 0 Å². The number of fused-ring (bicyclic) bond motifs is 1. The minimum absolute atomic E-state index is 0.318. The molecular weight excluding hydrogens is 330 g/mol. The van der Waals surface area contributed by atoms with E-state index in [1.54, 1.807) is 11.3 Å². The minimum Gasteiger partial charge on any atom is -0.388 e. The average molecular weight is 353 g/mol. The van der Waals surface area contributed by atoms with Gasteiger partial charge in [-0.25, -0.2) is 9.97 Å². The number of rotatable bonds is 5. The van der Waals surface area contributed by atoms with E-state index in [2.05, 4.69) is 28.3 Å². The van der Waals surface area contributed by atoms with Crippen LogP contribution in [0.4, 0.5) is 5.82 Å². The van der Waals surface area contributed by atoms with Gasteiger partial charge in [-0.05, 0) is 36.3 Å².